The smallest absolute Gasteiger partial charge is 0.164 e. The molecule has 82 valence electrons. The minimum absolute atomic E-state index is 0.0220. The van der Waals surface area contributed by atoms with Gasteiger partial charge < -0.3 is 4.74 Å². The molecule has 2 nitrogen and oxygen atoms in total. The lowest BCUT2D eigenvalue weighted by atomic mass is 10.1. The first-order chi connectivity index (χ1) is 7.15. The van der Waals surface area contributed by atoms with Crippen molar-refractivity contribution in [3.63, 3.8) is 0 Å². The number of hydrogen-bond donors (Lipinski definition) is 0. The van der Waals surface area contributed by atoms with E-state index in [-0.39, 0.29) is 5.78 Å². The van der Waals surface area contributed by atoms with Gasteiger partial charge in [-0.15, -0.1) is 0 Å². The summed E-state index contributed by atoms with van der Waals surface area (Å²) in [6.07, 6.45) is 1.14. The third kappa shape index (κ3) is 3.82. The normalized spacial score (nSPS) is 10.3. The summed E-state index contributed by atoms with van der Waals surface area (Å²) in [4.78, 5) is 11.7. The molecule has 0 aliphatic rings. The van der Waals surface area contributed by atoms with Gasteiger partial charge in [0.1, 0.15) is 0 Å². The van der Waals surface area contributed by atoms with Crippen molar-refractivity contribution in [1.29, 1.82) is 0 Å². The Bertz CT molecular complexity index is 350. The Morgan fingerprint density at radius 2 is 2.13 bits per heavy atom. The predicted molar refractivity (Wildman–Crippen MR) is 61.9 cm³/mol. The van der Waals surface area contributed by atoms with Crippen LogP contribution in [0.3, 0.4) is 0 Å². The molecule has 0 fully saturated rings. The van der Waals surface area contributed by atoms with Gasteiger partial charge in [-0.25, -0.2) is 0 Å². The first-order valence-corrected chi connectivity index (χ1v) is 5.38. The van der Waals surface area contributed by atoms with Crippen LogP contribution in [-0.4, -0.2) is 19.5 Å². The van der Waals surface area contributed by atoms with Crippen molar-refractivity contribution in [3.8, 4) is 0 Å². The average molecular weight is 247 g/mol. The molecule has 0 saturated carbocycles. The molecule has 0 atom stereocenters. The van der Waals surface area contributed by atoms with Crippen molar-refractivity contribution >= 4 is 29.0 Å². The zero-order chi connectivity index (χ0) is 11.3. The van der Waals surface area contributed by atoms with E-state index >= 15 is 0 Å². The Labute approximate surface area is 99.1 Å². The van der Waals surface area contributed by atoms with Gasteiger partial charge in [-0.1, -0.05) is 23.2 Å². The fraction of sp³-hybridized carbons (Fsp3) is 0.364. The third-order valence-electron chi connectivity index (χ3n) is 1.98. The molecule has 0 bridgehead atoms. The van der Waals surface area contributed by atoms with E-state index in [9.17, 15) is 4.79 Å². The van der Waals surface area contributed by atoms with Gasteiger partial charge in [0.15, 0.2) is 5.78 Å². The molecule has 0 saturated heterocycles. The molecule has 0 unspecified atom stereocenters. The van der Waals surface area contributed by atoms with Crippen LogP contribution in [0.4, 0.5) is 0 Å². The van der Waals surface area contributed by atoms with Gasteiger partial charge in [0.2, 0.25) is 0 Å². The molecule has 0 amide bonds. The lowest BCUT2D eigenvalue weighted by Gasteiger charge is -2.03. The molecule has 0 N–H and O–H groups in total. The van der Waals surface area contributed by atoms with E-state index in [0.717, 1.165) is 0 Å². The minimum atomic E-state index is 0.0220. The quantitative estimate of drug-likeness (QED) is 0.587. The molecule has 0 aliphatic heterocycles. The summed E-state index contributed by atoms with van der Waals surface area (Å²) in [5.41, 5.74) is 0.525. The topological polar surface area (TPSA) is 26.3 Å². The van der Waals surface area contributed by atoms with E-state index in [1.807, 2.05) is 0 Å². The minimum Gasteiger partial charge on any atom is -0.385 e. The van der Waals surface area contributed by atoms with E-state index in [1.54, 1.807) is 25.3 Å². The van der Waals surface area contributed by atoms with E-state index in [2.05, 4.69) is 0 Å². The summed E-state index contributed by atoms with van der Waals surface area (Å²) in [5.74, 6) is 0.0220. The third-order valence-corrected chi connectivity index (χ3v) is 2.53. The highest BCUT2D eigenvalue weighted by Gasteiger charge is 2.09. The van der Waals surface area contributed by atoms with E-state index in [4.69, 9.17) is 27.9 Å². The van der Waals surface area contributed by atoms with Crippen LogP contribution in [-0.2, 0) is 4.74 Å². The molecule has 4 heteroatoms. The zero-order valence-electron chi connectivity index (χ0n) is 8.43. The number of ketones is 1. The number of methoxy groups -OCH3 is 1. The van der Waals surface area contributed by atoms with Gasteiger partial charge in [-0.2, -0.15) is 0 Å². The largest absolute Gasteiger partial charge is 0.385 e. The fourth-order valence-electron chi connectivity index (χ4n) is 1.23. The van der Waals surface area contributed by atoms with Crippen molar-refractivity contribution in [2.45, 2.75) is 12.8 Å². The molecule has 0 aliphatic carbocycles. The van der Waals surface area contributed by atoms with Gasteiger partial charge in [0.25, 0.3) is 0 Å². The number of Topliss-reactive ketones (excluding diaryl/α,β-unsaturated/α-hetero) is 1. The van der Waals surface area contributed by atoms with Gasteiger partial charge in [0, 0.05) is 30.7 Å². The number of hydrogen-bond acceptors (Lipinski definition) is 2. The highest BCUT2D eigenvalue weighted by atomic mass is 35.5. The lowest BCUT2D eigenvalue weighted by molar-refractivity contribution is 0.0963. The summed E-state index contributed by atoms with van der Waals surface area (Å²) >= 11 is 11.6. The number of carbonyl (C=O) groups is 1. The van der Waals surface area contributed by atoms with Crippen LogP contribution in [0.25, 0.3) is 0 Å². The number of halogens is 2. The summed E-state index contributed by atoms with van der Waals surface area (Å²) in [5, 5.41) is 0.943. The molecule has 1 rings (SSSR count). The average Bonchev–Trinajstić information content (AvgIpc) is 2.17. The van der Waals surface area contributed by atoms with Crippen molar-refractivity contribution < 1.29 is 9.53 Å². The number of ether oxygens (including phenoxy) is 1. The van der Waals surface area contributed by atoms with Crippen molar-refractivity contribution in [2.75, 3.05) is 13.7 Å². The number of rotatable bonds is 5. The highest BCUT2D eigenvalue weighted by molar-refractivity contribution is 6.36. The van der Waals surface area contributed by atoms with Crippen LogP contribution in [0.1, 0.15) is 23.2 Å². The van der Waals surface area contributed by atoms with Crippen LogP contribution in [0, 0.1) is 0 Å². The Morgan fingerprint density at radius 3 is 2.73 bits per heavy atom. The first-order valence-electron chi connectivity index (χ1n) is 4.62. The summed E-state index contributed by atoms with van der Waals surface area (Å²) < 4.78 is 4.87. The first kappa shape index (κ1) is 12.5. The fourth-order valence-corrected chi connectivity index (χ4v) is 1.74. The highest BCUT2D eigenvalue weighted by Crippen LogP contribution is 2.22. The second kappa shape index (κ2) is 6.11. The second-order valence-corrected chi connectivity index (χ2v) is 3.99. The van der Waals surface area contributed by atoms with Gasteiger partial charge in [-0.05, 0) is 24.6 Å². The predicted octanol–water partition coefficient (Wildman–Crippen LogP) is 3.60. The maximum atomic E-state index is 11.7. The van der Waals surface area contributed by atoms with Crippen molar-refractivity contribution in [1.82, 2.24) is 0 Å². The molecule has 0 heterocycles. The summed E-state index contributed by atoms with van der Waals surface area (Å²) in [6.45, 7) is 0.580. The van der Waals surface area contributed by atoms with Gasteiger partial charge in [0.05, 0.1) is 5.02 Å². The molecule has 0 aromatic heterocycles. The SMILES string of the molecule is COCCCC(=O)c1ccc(Cl)cc1Cl. The van der Waals surface area contributed by atoms with E-state index in [1.165, 1.54) is 0 Å². The van der Waals surface area contributed by atoms with E-state index in [0.29, 0.717) is 35.1 Å². The van der Waals surface area contributed by atoms with Crippen molar-refractivity contribution in [2.24, 2.45) is 0 Å². The lowest BCUT2D eigenvalue weighted by Crippen LogP contribution is -2.02. The Hall–Kier alpha value is -0.570. The zero-order valence-corrected chi connectivity index (χ0v) is 9.94. The van der Waals surface area contributed by atoms with Crippen LogP contribution in [0.15, 0.2) is 18.2 Å². The molecular formula is C11H12Cl2O2. The molecule has 0 radical (unpaired) electrons. The summed E-state index contributed by atoms with van der Waals surface area (Å²) in [6, 6.07) is 4.89. The van der Waals surface area contributed by atoms with Crippen LogP contribution in [0.5, 0.6) is 0 Å². The molecule has 15 heavy (non-hydrogen) atoms. The van der Waals surface area contributed by atoms with Crippen LogP contribution >= 0.6 is 23.2 Å². The monoisotopic (exact) mass is 246 g/mol. The second-order valence-electron chi connectivity index (χ2n) is 3.14. The molecule has 1 aromatic rings. The van der Waals surface area contributed by atoms with E-state index < -0.39 is 0 Å². The van der Waals surface area contributed by atoms with Gasteiger partial charge in [-0.3, -0.25) is 4.79 Å². The number of benzene rings is 1. The summed E-state index contributed by atoms with van der Waals surface area (Å²) in [7, 11) is 1.61. The molecule has 0 spiro atoms. The standard InChI is InChI=1S/C11H12Cl2O2/c1-15-6-2-3-11(14)9-5-4-8(12)7-10(9)13/h4-5,7H,2-3,6H2,1H3. The maximum absolute atomic E-state index is 11.7. The molecular weight excluding hydrogens is 235 g/mol. The molecule has 1 aromatic carbocycles. The Kier molecular flexibility index (Phi) is 5.09. The Morgan fingerprint density at radius 1 is 1.40 bits per heavy atom. The van der Waals surface area contributed by atoms with Crippen LogP contribution < -0.4 is 0 Å². The maximum Gasteiger partial charge on any atom is 0.164 e. The Balaban J connectivity index is 2.65. The van der Waals surface area contributed by atoms with Gasteiger partial charge >= 0.3 is 0 Å². The van der Waals surface area contributed by atoms with Crippen molar-refractivity contribution in [3.05, 3.63) is 33.8 Å². The number of carbonyl (C=O) groups excluding carboxylic acids is 1. The van der Waals surface area contributed by atoms with Crippen LogP contribution in [0.2, 0.25) is 10.0 Å².